The van der Waals surface area contributed by atoms with Crippen molar-refractivity contribution in [3.63, 3.8) is 0 Å². The van der Waals surface area contributed by atoms with Crippen LogP contribution in [0.3, 0.4) is 0 Å². The summed E-state index contributed by atoms with van der Waals surface area (Å²) >= 11 is 0. The maximum Gasteiger partial charge on any atom is 0.370 e. The molecule has 0 radical (unpaired) electrons. The van der Waals surface area contributed by atoms with Crippen molar-refractivity contribution >= 4 is 16.6 Å². The molecular weight excluding hydrogens is 216 g/mol. The van der Waals surface area contributed by atoms with Crippen LogP contribution in [0.25, 0.3) is 16.6 Å². The number of para-hydroxylation sites is 1. The van der Waals surface area contributed by atoms with Gasteiger partial charge in [-0.1, -0.05) is 26.0 Å². The molecule has 1 N–H and O–H groups in total. The summed E-state index contributed by atoms with van der Waals surface area (Å²) in [4.78, 5) is 18.9. The van der Waals surface area contributed by atoms with Gasteiger partial charge in [0.05, 0.1) is 5.52 Å². The smallest absolute Gasteiger partial charge is 0.329 e. The van der Waals surface area contributed by atoms with Gasteiger partial charge >= 0.3 is 5.69 Å². The highest BCUT2D eigenvalue weighted by Gasteiger charge is 2.11. The molecule has 2 heterocycles. The number of benzene rings is 1. The molecule has 0 bridgehead atoms. The number of nitrogens with one attached hydrogen (secondary N) is 1. The quantitative estimate of drug-likeness (QED) is 0.689. The second-order valence-corrected chi connectivity index (χ2v) is 4.34. The number of hydrogen-bond acceptors (Lipinski definition) is 3. The minimum absolute atomic E-state index is 0.330. The van der Waals surface area contributed by atoms with Crippen LogP contribution < -0.4 is 5.69 Å². The fourth-order valence-electron chi connectivity index (χ4n) is 2.09. The average molecular weight is 228 g/mol. The van der Waals surface area contributed by atoms with E-state index >= 15 is 0 Å². The summed E-state index contributed by atoms with van der Waals surface area (Å²) in [6.45, 7) is 4.18. The number of fused-ring (bicyclic) bond motifs is 3. The number of aromatic amines is 1. The Labute approximate surface area is 97.1 Å². The van der Waals surface area contributed by atoms with E-state index in [-0.39, 0.29) is 5.69 Å². The van der Waals surface area contributed by atoms with Gasteiger partial charge in [0, 0.05) is 5.39 Å². The highest BCUT2D eigenvalue weighted by atomic mass is 16.1. The van der Waals surface area contributed by atoms with Gasteiger partial charge < -0.3 is 4.98 Å². The lowest BCUT2D eigenvalue weighted by atomic mass is 10.0. The lowest BCUT2D eigenvalue weighted by molar-refractivity contribution is 0.855. The van der Waals surface area contributed by atoms with Crippen molar-refractivity contribution in [1.29, 1.82) is 0 Å². The van der Waals surface area contributed by atoms with Gasteiger partial charge in [0.25, 0.3) is 0 Å². The number of H-pyrrole nitrogens is 1. The molecule has 0 saturated heterocycles. The maximum atomic E-state index is 11.8. The highest BCUT2D eigenvalue weighted by Crippen LogP contribution is 2.24. The molecule has 0 spiro atoms. The van der Waals surface area contributed by atoms with Crippen LogP contribution in [-0.4, -0.2) is 19.6 Å². The van der Waals surface area contributed by atoms with Crippen molar-refractivity contribution < 1.29 is 0 Å². The van der Waals surface area contributed by atoms with E-state index in [2.05, 4.69) is 28.9 Å². The van der Waals surface area contributed by atoms with Crippen LogP contribution in [0.4, 0.5) is 0 Å². The molecule has 0 fully saturated rings. The van der Waals surface area contributed by atoms with E-state index in [1.165, 1.54) is 10.8 Å². The predicted molar refractivity (Wildman–Crippen MR) is 65.2 cm³/mol. The third-order valence-corrected chi connectivity index (χ3v) is 2.92. The molecule has 5 heteroatoms. The Balaban J connectivity index is 2.58. The van der Waals surface area contributed by atoms with Crippen molar-refractivity contribution in [2.75, 3.05) is 0 Å². The normalized spacial score (nSPS) is 11.7. The number of hydrogen-bond donors (Lipinski definition) is 1. The zero-order valence-electron chi connectivity index (χ0n) is 9.64. The summed E-state index contributed by atoms with van der Waals surface area (Å²) in [6, 6.07) is 5.93. The average Bonchev–Trinajstić information content (AvgIpc) is 2.78. The summed E-state index contributed by atoms with van der Waals surface area (Å²) in [5.74, 6) is 0.330. The van der Waals surface area contributed by atoms with Gasteiger partial charge in [-0.15, -0.1) is 0 Å². The van der Waals surface area contributed by atoms with Crippen molar-refractivity contribution in [3.8, 4) is 0 Å². The second kappa shape index (κ2) is 3.41. The Morgan fingerprint density at radius 1 is 1.35 bits per heavy atom. The van der Waals surface area contributed by atoms with Crippen molar-refractivity contribution in [2.24, 2.45) is 0 Å². The van der Waals surface area contributed by atoms with Crippen LogP contribution in [0.1, 0.15) is 25.3 Å². The largest absolute Gasteiger partial charge is 0.370 e. The Kier molecular flexibility index (Phi) is 2.01. The molecule has 0 aliphatic heterocycles. The molecule has 0 atom stereocenters. The molecule has 0 aliphatic rings. The first-order valence-corrected chi connectivity index (χ1v) is 5.53. The van der Waals surface area contributed by atoms with Crippen LogP contribution in [-0.2, 0) is 0 Å². The van der Waals surface area contributed by atoms with Gasteiger partial charge in [0.1, 0.15) is 12.0 Å². The summed E-state index contributed by atoms with van der Waals surface area (Å²) < 4.78 is 1.28. The SMILES string of the molecule is CC(C)c1cccc2c1nc(=O)n1nc[nH]c21. The number of rotatable bonds is 1. The second-order valence-electron chi connectivity index (χ2n) is 4.34. The first-order chi connectivity index (χ1) is 8.18. The molecule has 17 heavy (non-hydrogen) atoms. The third kappa shape index (κ3) is 1.35. The Bertz CT molecular complexity index is 754. The zero-order chi connectivity index (χ0) is 12.0. The molecule has 0 amide bonds. The summed E-state index contributed by atoms with van der Waals surface area (Å²) in [5, 5.41) is 4.85. The van der Waals surface area contributed by atoms with Gasteiger partial charge in [-0.05, 0) is 17.5 Å². The van der Waals surface area contributed by atoms with E-state index in [0.717, 1.165) is 16.5 Å². The standard InChI is InChI=1S/C12H12N4O/c1-7(2)8-4-3-5-9-10(8)15-12(17)16-11(9)13-6-14-16/h3-7H,1-2H3,(H,13,14). The first kappa shape index (κ1) is 10.0. The lowest BCUT2D eigenvalue weighted by Crippen LogP contribution is -2.18. The van der Waals surface area contributed by atoms with Gasteiger partial charge in [0.2, 0.25) is 0 Å². The van der Waals surface area contributed by atoms with Crippen LogP contribution in [0.2, 0.25) is 0 Å². The van der Waals surface area contributed by atoms with E-state index in [0.29, 0.717) is 11.6 Å². The summed E-state index contributed by atoms with van der Waals surface area (Å²) in [6.07, 6.45) is 1.50. The van der Waals surface area contributed by atoms with E-state index in [1.807, 2.05) is 18.2 Å². The molecule has 86 valence electrons. The van der Waals surface area contributed by atoms with Gasteiger partial charge in [-0.25, -0.2) is 4.79 Å². The van der Waals surface area contributed by atoms with Crippen LogP contribution in [0.5, 0.6) is 0 Å². The Morgan fingerprint density at radius 2 is 2.18 bits per heavy atom. The number of nitrogens with zero attached hydrogens (tertiary/aromatic N) is 3. The Hall–Kier alpha value is -2.17. The predicted octanol–water partition coefficient (Wildman–Crippen LogP) is 1.69. The molecule has 2 aromatic heterocycles. The minimum atomic E-state index is -0.346. The minimum Gasteiger partial charge on any atom is -0.329 e. The van der Waals surface area contributed by atoms with E-state index in [9.17, 15) is 4.79 Å². The third-order valence-electron chi connectivity index (χ3n) is 2.92. The lowest BCUT2D eigenvalue weighted by Gasteiger charge is -2.08. The van der Waals surface area contributed by atoms with Crippen LogP contribution >= 0.6 is 0 Å². The topological polar surface area (TPSA) is 63.1 Å². The van der Waals surface area contributed by atoms with Crippen LogP contribution in [0.15, 0.2) is 29.3 Å². The maximum absolute atomic E-state index is 11.8. The van der Waals surface area contributed by atoms with Gasteiger partial charge in [-0.2, -0.15) is 14.6 Å². The van der Waals surface area contributed by atoms with E-state index < -0.39 is 0 Å². The molecule has 5 nitrogen and oxygen atoms in total. The molecule has 3 rings (SSSR count). The molecule has 1 aromatic carbocycles. The molecule has 0 aliphatic carbocycles. The summed E-state index contributed by atoms with van der Waals surface area (Å²) in [5.41, 5.74) is 2.19. The van der Waals surface area contributed by atoms with E-state index in [4.69, 9.17) is 0 Å². The number of aromatic nitrogens is 4. The molecule has 0 unspecified atom stereocenters. The van der Waals surface area contributed by atoms with Crippen molar-refractivity contribution in [3.05, 3.63) is 40.6 Å². The summed E-state index contributed by atoms with van der Waals surface area (Å²) in [7, 11) is 0. The first-order valence-electron chi connectivity index (χ1n) is 5.53. The van der Waals surface area contributed by atoms with Crippen LogP contribution in [0, 0.1) is 0 Å². The van der Waals surface area contributed by atoms with E-state index in [1.54, 1.807) is 0 Å². The van der Waals surface area contributed by atoms with Gasteiger partial charge in [0.15, 0.2) is 0 Å². The fraction of sp³-hybridized carbons (Fsp3) is 0.250. The fourth-order valence-corrected chi connectivity index (χ4v) is 2.09. The highest BCUT2D eigenvalue weighted by molar-refractivity contribution is 5.93. The molecule has 3 aromatic rings. The monoisotopic (exact) mass is 228 g/mol. The Morgan fingerprint density at radius 3 is 2.94 bits per heavy atom. The van der Waals surface area contributed by atoms with Crippen molar-refractivity contribution in [1.82, 2.24) is 19.6 Å². The van der Waals surface area contributed by atoms with Gasteiger partial charge in [-0.3, -0.25) is 0 Å². The molecular formula is C12H12N4O. The van der Waals surface area contributed by atoms with Crippen molar-refractivity contribution in [2.45, 2.75) is 19.8 Å². The molecule has 0 saturated carbocycles. The zero-order valence-corrected chi connectivity index (χ0v) is 9.64.